The molecule has 1 fully saturated rings. The number of hydrogen-bond acceptors (Lipinski definition) is 7. The summed E-state index contributed by atoms with van der Waals surface area (Å²) in [7, 11) is 0.219. The Morgan fingerprint density at radius 1 is 0.970 bits per heavy atom. The van der Waals surface area contributed by atoms with E-state index in [-0.39, 0.29) is 18.8 Å². The molecule has 1 aromatic carbocycles. The van der Waals surface area contributed by atoms with Crippen molar-refractivity contribution in [3.05, 3.63) is 29.3 Å². The molecule has 33 heavy (non-hydrogen) atoms. The van der Waals surface area contributed by atoms with E-state index >= 15 is 0 Å². The van der Waals surface area contributed by atoms with Gasteiger partial charge in [0.2, 0.25) is 0 Å². The maximum absolute atomic E-state index is 13.3. The van der Waals surface area contributed by atoms with Gasteiger partial charge in [0.05, 0.1) is 37.6 Å². The van der Waals surface area contributed by atoms with Gasteiger partial charge in [0.15, 0.2) is 0 Å². The van der Waals surface area contributed by atoms with Crippen LogP contribution in [0.2, 0.25) is 25.7 Å². The minimum atomic E-state index is -1.38. The summed E-state index contributed by atoms with van der Waals surface area (Å²) in [4.78, 5) is 39.5. The lowest BCUT2D eigenvalue weighted by Gasteiger charge is -2.46. The molecular formula is C25H36O7Si. The molecule has 4 atom stereocenters. The van der Waals surface area contributed by atoms with E-state index in [0.717, 1.165) is 17.2 Å². The number of Topliss-reactive ketones (excluding diaryl/α,β-unsaturated/α-hetero) is 1. The lowest BCUT2D eigenvalue weighted by molar-refractivity contribution is -0.167. The second-order valence-electron chi connectivity index (χ2n) is 10.1. The van der Waals surface area contributed by atoms with Crippen molar-refractivity contribution in [3.63, 3.8) is 0 Å². The average molecular weight is 477 g/mol. The van der Waals surface area contributed by atoms with Gasteiger partial charge in [0.1, 0.15) is 18.1 Å². The zero-order chi connectivity index (χ0) is 24.2. The Morgan fingerprint density at radius 3 is 2.33 bits per heavy atom. The highest BCUT2D eigenvalue weighted by atomic mass is 28.3. The van der Waals surface area contributed by atoms with Gasteiger partial charge in [-0.05, 0) is 35.7 Å². The summed E-state index contributed by atoms with van der Waals surface area (Å²) in [6, 6.07) is 6.43. The van der Waals surface area contributed by atoms with Crippen molar-refractivity contribution >= 4 is 25.8 Å². The van der Waals surface area contributed by atoms with Crippen molar-refractivity contribution in [2.75, 3.05) is 33.5 Å². The predicted octanol–water partition coefficient (Wildman–Crippen LogP) is 3.93. The summed E-state index contributed by atoms with van der Waals surface area (Å²) in [5, 5.41) is 0. The largest absolute Gasteiger partial charge is 0.491 e. The van der Waals surface area contributed by atoms with E-state index in [1.165, 1.54) is 0 Å². The number of hydrogen-bond donors (Lipinski definition) is 0. The SMILES string of the molecule is CCCOC(=O)[C@H]1C(C(=O)OCC[Si](C)(C)C)C2CC(=O)[C@H]1c1cc(OCCOC)ccc12. The van der Waals surface area contributed by atoms with Gasteiger partial charge in [-0.3, -0.25) is 14.4 Å². The molecule has 0 heterocycles. The van der Waals surface area contributed by atoms with Crippen molar-refractivity contribution in [2.45, 2.75) is 57.3 Å². The first-order chi connectivity index (χ1) is 15.7. The van der Waals surface area contributed by atoms with Crippen LogP contribution in [0.1, 0.15) is 42.7 Å². The summed E-state index contributed by atoms with van der Waals surface area (Å²) < 4.78 is 21.9. The first-order valence-corrected chi connectivity index (χ1v) is 15.5. The van der Waals surface area contributed by atoms with Gasteiger partial charge in [0, 0.05) is 27.5 Å². The molecule has 0 spiro atoms. The molecule has 2 unspecified atom stereocenters. The summed E-state index contributed by atoms with van der Waals surface area (Å²) in [5.41, 5.74) is 1.68. The Morgan fingerprint density at radius 2 is 1.67 bits per heavy atom. The molecule has 0 amide bonds. The molecule has 3 aliphatic rings. The van der Waals surface area contributed by atoms with E-state index in [0.29, 0.717) is 32.0 Å². The number of rotatable bonds is 11. The number of carbonyl (C=O) groups is 3. The molecular weight excluding hydrogens is 440 g/mol. The zero-order valence-electron chi connectivity index (χ0n) is 20.3. The predicted molar refractivity (Wildman–Crippen MR) is 126 cm³/mol. The van der Waals surface area contributed by atoms with Gasteiger partial charge >= 0.3 is 11.9 Å². The van der Waals surface area contributed by atoms with Crippen molar-refractivity contribution in [1.82, 2.24) is 0 Å². The number of benzene rings is 1. The molecule has 1 aromatic rings. The Labute approximate surface area is 197 Å². The highest BCUT2D eigenvalue weighted by molar-refractivity contribution is 6.76. The van der Waals surface area contributed by atoms with E-state index in [4.69, 9.17) is 18.9 Å². The maximum Gasteiger partial charge on any atom is 0.310 e. The van der Waals surface area contributed by atoms with Crippen LogP contribution in [0.25, 0.3) is 0 Å². The minimum Gasteiger partial charge on any atom is -0.491 e. The molecule has 2 bridgehead atoms. The molecule has 0 aliphatic heterocycles. The van der Waals surface area contributed by atoms with E-state index in [1.54, 1.807) is 7.11 Å². The summed E-state index contributed by atoms with van der Waals surface area (Å²) in [6.07, 6.45) is 0.896. The van der Waals surface area contributed by atoms with Crippen LogP contribution < -0.4 is 4.74 Å². The third-order valence-electron chi connectivity index (χ3n) is 6.39. The Balaban J connectivity index is 1.92. The van der Waals surface area contributed by atoms with Crippen LogP contribution in [0.4, 0.5) is 0 Å². The standard InChI is InChI=1S/C25H36O7Si/c1-6-9-31-25(28)23-21-18-14-16(30-11-10-29-2)7-8-17(18)19(15-20(21)26)22(23)24(27)32-12-13-33(3,4)5/h7-8,14,19,21-23H,6,9-13,15H2,1-5H3/t19?,21-,22?,23-/m1/s1. The monoisotopic (exact) mass is 476 g/mol. The highest BCUT2D eigenvalue weighted by Crippen LogP contribution is 2.55. The lowest BCUT2D eigenvalue weighted by Crippen LogP contribution is -2.50. The fourth-order valence-electron chi connectivity index (χ4n) is 4.74. The summed E-state index contributed by atoms with van der Waals surface area (Å²) >= 11 is 0. The maximum atomic E-state index is 13.3. The second-order valence-corrected chi connectivity index (χ2v) is 15.7. The highest BCUT2D eigenvalue weighted by Gasteiger charge is 2.57. The molecule has 0 saturated heterocycles. The van der Waals surface area contributed by atoms with Crippen LogP contribution in [-0.2, 0) is 28.6 Å². The quantitative estimate of drug-likeness (QED) is 0.272. The van der Waals surface area contributed by atoms with E-state index < -0.39 is 43.7 Å². The van der Waals surface area contributed by atoms with Crippen LogP contribution in [0, 0.1) is 11.8 Å². The molecule has 182 valence electrons. The fraction of sp³-hybridized carbons (Fsp3) is 0.640. The molecule has 1 saturated carbocycles. The third-order valence-corrected chi connectivity index (χ3v) is 8.09. The zero-order valence-corrected chi connectivity index (χ0v) is 21.3. The molecule has 0 radical (unpaired) electrons. The van der Waals surface area contributed by atoms with E-state index in [2.05, 4.69) is 19.6 Å². The normalized spacial score (nSPS) is 23.7. The van der Waals surface area contributed by atoms with Gasteiger partial charge in [-0.25, -0.2) is 0 Å². The van der Waals surface area contributed by atoms with Gasteiger partial charge < -0.3 is 18.9 Å². The van der Waals surface area contributed by atoms with Crippen LogP contribution in [0.3, 0.4) is 0 Å². The van der Waals surface area contributed by atoms with Gasteiger partial charge in [-0.15, -0.1) is 0 Å². The average Bonchev–Trinajstić information content (AvgIpc) is 2.76. The first-order valence-electron chi connectivity index (χ1n) is 11.8. The van der Waals surface area contributed by atoms with Crippen LogP contribution in [0.15, 0.2) is 18.2 Å². The number of carbonyl (C=O) groups excluding carboxylic acids is 3. The number of esters is 2. The van der Waals surface area contributed by atoms with E-state index in [9.17, 15) is 14.4 Å². The van der Waals surface area contributed by atoms with Crippen molar-refractivity contribution in [1.29, 1.82) is 0 Å². The molecule has 4 rings (SSSR count). The topological polar surface area (TPSA) is 88.1 Å². The van der Waals surface area contributed by atoms with Gasteiger partial charge in [-0.1, -0.05) is 32.6 Å². The van der Waals surface area contributed by atoms with Crippen molar-refractivity contribution in [3.8, 4) is 5.75 Å². The molecule has 0 N–H and O–H groups in total. The summed E-state index contributed by atoms with van der Waals surface area (Å²) in [6.45, 7) is 9.98. The Kier molecular flexibility index (Phi) is 8.34. The molecule has 3 aliphatic carbocycles. The summed E-state index contributed by atoms with van der Waals surface area (Å²) in [5.74, 6) is -3.04. The Bertz CT molecular complexity index is 876. The van der Waals surface area contributed by atoms with Crippen LogP contribution >= 0.6 is 0 Å². The number of ketones is 1. The Hall–Kier alpha value is -2.19. The number of methoxy groups -OCH3 is 1. The fourth-order valence-corrected chi connectivity index (χ4v) is 5.45. The smallest absolute Gasteiger partial charge is 0.310 e. The van der Waals surface area contributed by atoms with Crippen LogP contribution in [0.5, 0.6) is 5.75 Å². The lowest BCUT2D eigenvalue weighted by atomic mass is 9.55. The van der Waals surface area contributed by atoms with Crippen molar-refractivity contribution in [2.24, 2.45) is 11.8 Å². The van der Waals surface area contributed by atoms with Gasteiger partial charge in [0.25, 0.3) is 0 Å². The second kappa shape index (κ2) is 10.8. The van der Waals surface area contributed by atoms with E-state index in [1.807, 2.05) is 25.1 Å². The van der Waals surface area contributed by atoms with Crippen LogP contribution in [-0.4, -0.2) is 59.3 Å². The number of ether oxygens (including phenoxy) is 4. The molecule has 7 nitrogen and oxygen atoms in total. The minimum absolute atomic E-state index is 0.0360. The molecule has 8 heteroatoms. The first kappa shape index (κ1) is 25.4. The van der Waals surface area contributed by atoms with Gasteiger partial charge in [-0.2, -0.15) is 0 Å². The number of fused-ring (bicyclic) bond motifs is 2. The third kappa shape index (κ3) is 5.84. The molecule has 0 aromatic heterocycles. The van der Waals surface area contributed by atoms with Crippen molar-refractivity contribution < 1.29 is 33.3 Å².